The predicted molar refractivity (Wildman–Crippen MR) is 134 cm³/mol. The van der Waals surface area contributed by atoms with Crippen molar-refractivity contribution in [2.45, 2.75) is 38.2 Å². The van der Waals surface area contributed by atoms with Crippen molar-refractivity contribution in [3.63, 3.8) is 0 Å². The van der Waals surface area contributed by atoms with Crippen LogP contribution in [0, 0.1) is 0 Å². The maximum absolute atomic E-state index is 12.8. The van der Waals surface area contributed by atoms with Gasteiger partial charge in [0, 0.05) is 76.3 Å². The van der Waals surface area contributed by atoms with Crippen molar-refractivity contribution in [2.24, 2.45) is 5.73 Å². The molecule has 2 fully saturated rings. The number of piperazine rings is 1. The van der Waals surface area contributed by atoms with E-state index >= 15 is 0 Å². The second kappa shape index (κ2) is 8.37. The molecule has 0 aliphatic carbocycles. The molecule has 0 bridgehead atoms. The molecular formula is C26H32N6O2. The third kappa shape index (κ3) is 3.40. The molecule has 34 heavy (non-hydrogen) atoms. The number of hydrogen-bond donors (Lipinski definition) is 1. The fourth-order valence-electron chi connectivity index (χ4n) is 6.01. The molecule has 0 unspecified atom stereocenters. The highest BCUT2D eigenvalue weighted by Gasteiger charge is 2.37. The van der Waals surface area contributed by atoms with Gasteiger partial charge in [0.2, 0.25) is 0 Å². The zero-order valence-corrected chi connectivity index (χ0v) is 19.9. The third-order valence-electron chi connectivity index (χ3n) is 7.83. The number of fused-ring (bicyclic) bond motifs is 4. The Morgan fingerprint density at radius 2 is 2.00 bits per heavy atom. The van der Waals surface area contributed by atoms with E-state index in [1.54, 1.807) is 23.9 Å². The van der Waals surface area contributed by atoms with Gasteiger partial charge >= 0.3 is 0 Å². The largest absolute Gasteiger partial charge is 0.378 e. The number of hydrogen-bond acceptors (Lipinski definition) is 7. The van der Waals surface area contributed by atoms with Crippen molar-refractivity contribution >= 4 is 22.4 Å². The zero-order chi connectivity index (χ0) is 23.4. The molecule has 2 N–H and O–H groups in total. The highest BCUT2D eigenvalue weighted by molar-refractivity contribution is 5.89. The van der Waals surface area contributed by atoms with Gasteiger partial charge in [0.25, 0.3) is 5.56 Å². The second-order valence-electron chi connectivity index (χ2n) is 9.65. The SMILES string of the molecule is CCn1c(=O)cc(N2CCN3Cc4cc(N5C[C@@H](N)[C@H](OC)C5)ccc4[C@H]3C2)c2cccnc21. The van der Waals surface area contributed by atoms with Crippen LogP contribution in [0.15, 0.2) is 47.4 Å². The van der Waals surface area contributed by atoms with Gasteiger partial charge in [-0.1, -0.05) is 6.07 Å². The number of benzene rings is 1. The minimum Gasteiger partial charge on any atom is -0.378 e. The molecule has 0 radical (unpaired) electrons. The molecule has 0 spiro atoms. The monoisotopic (exact) mass is 460 g/mol. The molecular weight excluding hydrogens is 428 g/mol. The minimum absolute atomic E-state index is 0.0146. The van der Waals surface area contributed by atoms with Crippen LogP contribution in [0.2, 0.25) is 0 Å². The van der Waals surface area contributed by atoms with E-state index in [-0.39, 0.29) is 17.7 Å². The number of pyridine rings is 2. The molecule has 8 nitrogen and oxygen atoms in total. The molecule has 2 saturated heterocycles. The molecule has 2 aromatic heterocycles. The Morgan fingerprint density at radius 3 is 2.79 bits per heavy atom. The summed E-state index contributed by atoms with van der Waals surface area (Å²) in [7, 11) is 1.74. The van der Waals surface area contributed by atoms with E-state index in [2.05, 4.69) is 43.9 Å². The average Bonchev–Trinajstić information content (AvgIpc) is 3.42. The molecule has 1 aromatic carbocycles. The summed E-state index contributed by atoms with van der Waals surface area (Å²) in [6.45, 7) is 7.96. The van der Waals surface area contributed by atoms with E-state index in [0.29, 0.717) is 12.6 Å². The van der Waals surface area contributed by atoms with E-state index < -0.39 is 0 Å². The lowest BCUT2D eigenvalue weighted by Crippen LogP contribution is -2.46. The Balaban J connectivity index is 1.29. The average molecular weight is 461 g/mol. The lowest BCUT2D eigenvalue weighted by atomic mass is 10.0. The summed E-state index contributed by atoms with van der Waals surface area (Å²) in [5, 5.41) is 1.05. The van der Waals surface area contributed by atoms with Crippen molar-refractivity contribution in [3.05, 3.63) is 64.1 Å². The van der Waals surface area contributed by atoms with Crippen LogP contribution < -0.4 is 21.1 Å². The summed E-state index contributed by atoms with van der Waals surface area (Å²) in [5.74, 6) is 0. The fraction of sp³-hybridized carbons (Fsp3) is 0.462. The summed E-state index contributed by atoms with van der Waals surface area (Å²) in [4.78, 5) is 24.7. The van der Waals surface area contributed by atoms with Crippen LogP contribution in [0.1, 0.15) is 24.1 Å². The van der Waals surface area contributed by atoms with Gasteiger partial charge in [-0.2, -0.15) is 0 Å². The summed E-state index contributed by atoms with van der Waals surface area (Å²) < 4.78 is 7.29. The number of nitrogens with zero attached hydrogens (tertiary/aromatic N) is 5. The van der Waals surface area contributed by atoms with Crippen LogP contribution in [-0.2, 0) is 17.8 Å². The summed E-state index contributed by atoms with van der Waals surface area (Å²) in [5.41, 5.74) is 12.1. The van der Waals surface area contributed by atoms with Crippen molar-refractivity contribution in [1.29, 1.82) is 0 Å². The fourth-order valence-corrected chi connectivity index (χ4v) is 6.01. The number of rotatable bonds is 4. The van der Waals surface area contributed by atoms with E-state index in [9.17, 15) is 4.79 Å². The van der Waals surface area contributed by atoms with E-state index in [1.165, 1.54) is 16.8 Å². The van der Waals surface area contributed by atoms with Gasteiger partial charge < -0.3 is 20.3 Å². The van der Waals surface area contributed by atoms with Crippen molar-refractivity contribution in [2.75, 3.05) is 49.6 Å². The van der Waals surface area contributed by atoms with Crippen LogP contribution in [0.5, 0.6) is 0 Å². The molecule has 3 aliphatic rings. The van der Waals surface area contributed by atoms with Gasteiger partial charge in [-0.15, -0.1) is 0 Å². The molecule has 3 atom stereocenters. The lowest BCUT2D eigenvalue weighted by molar-refractivity contribution is 0.108. The third-order valence-corrected chi connectivity index (χ3v) is 7.83. The first-order valence-electron chi connectivity index (χ1n) is 12.2. The molecule has 0 saturated carbocycles. The quantitative estimate of drug-likeness (QED) is 0.638. The molecule has 5 heterocycles. The van der Waals surface area contributed by atoms with E-state index in [0.717, 1.165) is 56.0 Å². The maximum atomic E-state index is 12.8. The van der Waals surface area contributed by atoms with Gasteiger partial charge in [0.05, 0.1) is 23.9 Å². The molecule has 3 aliphatic heterocycles. The van der Waals surface area contributed by atoms with Gasteiger partial charge in [0.15, 0.2) is 0 Å². The first-order chi connectivity index (χ1) is 16.6. The van der Waals surface area contributed by atoms with Crippen LogP contribution >= 0.6 is 0 Å². The lowest BCUT2D eigenvalue weighted by Gasteiger charge is -2.39. The van der Waals surface area contributed by atoms with E-state index in [4.69, 9.17) is 10.5 Å². The topological polar surface area (TPSA) is 79.9 Å². The number of aryl methyl sites for hydroxylation is 1. The number of anilines is 2. The highest BCUT2D eigenvalue weighted by atomic mass is 16.5. The first kappa shape index (κ1) is 21.6. The van der Waals surface area contributed by atoms with E-state index in [1.807, 2.05) is 13.0 Å². The second-order valence-corrected chi connectivity index (χ2v) is 9.65. The Kier molecular flexibility index (Phi) is 5.32. The highest BCUT2D eigenvalue weighted by Crippen LogP contribution is 2.40. The van der Waals surface area contributed by atoms with Crippen LogP contribution in [0.3, 0.4) is 0 Å². The Bertz CT molecular complexity index is 1290. The van der Waals surface area contributed by atoms with Gasteiger partial charge in [-0.05, 0) is 42.3 Å². The summed E-state index contributed by atoms with van der Waals surface area (Å²) in [6, 6.07) is 13.1. The van der Waals surface area contributed by atoms with Crippen molar-refractivity contribution in [3.8, 4) is 0 Å². The molecule has 0 amide bonds. The molecule has 3 aromatic rings. The molecule has 8 heteroatoms. The molecule has 6 rings (SSSR count). The minimum atomic E-state index is 0.0146. The standard InChI is InChI=1S/C26H32N6O2/c1-3-32-25(33)12-22(20-5-4-8-28-26(20)32)30-10-9-29-13-17-11-18(6-7-19(17)23(29)15-30)31-14-21(27)24(16-31)34-2/h4-8,11-12,21,23-24H,3,9-10,13-16,27H2,1-2H3/t21-,23-,24-/m1/s1. The van der Waals surface area contributed by atoms with Crippen molar-refractivity contribution in [1.82, 2.24) is 14.5 Å². The summed E-state index contributed by atoms with van der Waals surface area (Å²) >= 11 is 0. The van der Waals surface area contributed by atoms with Crippen molar-refractivity contribution < 1.29 is 4.74 Å². The Hall–Kier alpha value is -2.94. The first-order valence-corrected chi connectivity index (χ1v) is 12.2. The Morgan fingerprint density at radius 1 is 1.12 bits per heavy atom. The normalized spacial score (nSPS) is 24.6. The van der Waals surface area contributed by atoms with Gasteiger partial charge in [-0.3, -0.25) is 14.3 Å². The van der Waals surface area contributed by atoms with Crippen LogP contribution in [0.4, 0.5) is 11.4 Å². The zero-order valence-electron chi connectivity index (χ0n) is 19.9. The van der Waals surface area contributed by atoms with Gasteiger partial charge in [-0.25, -0.2) is 4.98 Å². The number of nitrogens with two attached hydrogens (primary N) is 1. The number of ether oxygens (including phenoxy) is 1. The van der Waals surface area contributed by atoms with Crippen LogP contribution in [0.25, 0.3) is 11.0 Å². The number of aromatic nitrogens is 2. The predicted octanol–water partition coefficient (Wildman–Crippen LogP) is 1.96. The van der Waals surface area contributed by atoms with Crippen LogP contribution in [-0.4, -0.2) is 66.4 Å². The molecule has 178 valence electrons. The van der Waals surface area contributed by atoms with Gasteiger partial charge in [0.1, 0.15) is 5.65 Å². The summed E-state index contributed by atoms with van der Waals surface area (Å²) in [6.07, 6.45) is 1.85. The Labute approximate surface area is 199 Å². The maximum Gasteiger partial charge on any atom is 0.254 e. The smallest absolute Gasteiger partial charge is 0.254 e. The number of methoxy groups -OCH3 is 1.